The number of aliphatic hydroxyl groups is 1. The molecule has 2 aliphatic rings. The number of anilines is 2. The standard InChI is InChI=1S/C30H34F2N8O2S/c1-3-10-34-30(42)37-17-12-21(22(41)13-17)38-27-24(28-39-26-23(43-28)9-11-33-25(26)16-7-8-16)15(2)36-29(40-27)35-14-18-19(31)5-4-6-20(18)32/h4-6,9,11,16-17,21-22,41H,3,7-8,10,12-14H2,1-2H3,(H2,34,37,42)(H2,35,36,38,40). The number of fused-ring (bicyclic) bond motifs is 1. The van der Waals surface area contributed by atoms with Crippen LogP contribution in [0, 0.1) is 18.6 Å². The number of carbonyl (C=O) groups excluding carboxylic acids is 1. The van der Waals surface area contributed by atoms with Crippen LogP contribution in [-0.4, -0.2) is 55.8 Å². The number of aromatic nitrogens is 4. The van der Waals surface area contributed by atoms with E-state index in [-0.39, 0.29) is 30.1 Å². The first-order valence-corrected chi connectivity index (χ1v) is 15.4. The van der Waals surface area contributed by atoms with Gasteiger partial charge in [-0.2, -0.15) is 4.98 Å². The summed E-state index contributed by atoms with van der Waals surface area (Å²) in [5.74, 6) is -0.293. The van der Waals surface area contributed by atoms with Crippen molar-refractivity contribution in [3.05, 3.63) is 59.0 Å². The van der Waals surface area contributed by atoms with E-state index in [2.05, 4.69) is 31.2 Å². The number of aliphatic hydroxyl groups excluding tert-OH is 1. The fraction of sp³-hybridized carbons (Fsp3) is 0.433. The second-order valence-corrected chi connectivity index (χ2v) is 12.2. The molecule has 4 aromatic rings. The van der Waals surface area contributed by atoms with E-state index < -0.39 is 23.8 Å². The first-order chi connectivity index (χ1) is 20.8. The van der Waals surface area contributed by atoms with Crippen molar-refractivity contribution in [3.63, 3.8) is 0 Å². The lowest BCUT2D eigenvalue weighted by Crippen LogP contribution is -2.41. The molecule has 6 rings (SSSR count). The number of halogens is 2. The molecule has 2 amide bonds. The normalized spacial score (nSPS) is 19.9. The van der Waals surface area contributed by atoms with E-state index in [1.54, 1.807) is 0 Å². The Hall–Kier alpha value is -3.97. The van der Waals surface area contributed by atoms with Gasteiger partial charge in [0.1, 0.15) is 28.0 Å². The van der Waals surface area contributed by atoms with Gasteiger partial charge < -0.3 is 26.4 Å². The number of rotatable bonds is 10. The maximum atomic E-state index is 14.3. The Bertz CT molecular complexity index is 1630. The predicted octanol–water partition coefficient (Wildman–Crippen LogP) is 5.24. The lowest BCUT2D eigenvalue weighted by Gasteiger charge is -2.20. The van der Waals surface area contributed by atoms with Crippen LogP contribution in [0.1, 0.15) is 61.9 Å². The Kier molecular flexibility index (Phi) is 8.35. The molecular weight excluding hydrogens is 574 g/mol. The van der Waals surface area contributed by atoms with Gasteiger partial charge >= 0.3 is 6.03 Å². The molecule has 2 fully saturated rings. The summed E-state index contributed by atoms with van der Waals surface area (Å²) >= 11 is 1.51. The summed E-state index contributed by atoms with van der Waals surface area (Å²) in [6.07, 6.45) is 4.95. The molecule has 0 bridgehead atoms. The highest BCUT2D eigenvalue weighted by Gasteiger charge is 2.35. The van der Waals surface area contributed by atoms with Crippen molar-refractivity contribution in [2.45, 2.75) is 76.6 Å². The molecule has 2 aliphatic carbocycles. The third-order valence-corrected chi connectivity index (χ3v) is 8.85. The molecule has 0 aliphatic heterocycles. The number of hydrogen-bond donors (Lipinski definition) is 5. The molecule has 226 valence electrons. The molecule has 5 N–H and O–H groups in total. The van der Waals surface area contributed by atoms with E-state index in [0.717, 1.165) is 35.2 Å². The van der Waals surface area contributed by atoms with E-state index >= 15 is 0 Å². The SMILES string of the molecule is CCCNC(=O)NC1CC(O)C(Nc2nc(NCc3c(F)cccc3F)nc(C)c2-c2nc3c(C4CC4)nccc3s2)C1. The minimum atomic E-state index is -0.746. The Balaban J connectivity index is 1.32. The smallest absolute Gasteiger partial charge is 0.315 e. The predicted molar refractivity (Wildman–Crippen MR) is 162 cm³/mol. The molecule has 0 radical (unpaired) electrons. The van der Waals surface area contributed by atoms with Gasteiger partial charge in [0, 0.05) is 36.8 Å². The number of aryl methyl sites for hydroxylation is 1. The zero-order valence-corrected chi connectivity index (χ0v) is 24.8. The minimum Gasteiger partial charge on any atom is -0.391 e. The minimum absolute atomic E-state index is 0.116. The molecule has 3 aromatic heterocycles. The highest BCUT2D eigenvalue weighted by molar-refractivity contribution is 7.21. The topological polar surface area (TPSA) is 137 Å². The summed E-state index contributed by atoms with van der Waals surface area (Å²) in [5.41, 5.74) is 3.04. The van der Waals surface area contributed by atoms with Crippen LogP contribution in [0.2, 0.25) is 0 Å². The fourth-order valence-electron chi connectivity index (χ4n) is 5.46. The van der Waals surface area contributed by atoms with Crippen LogP contribution < -0.4 is 21.3 Å². The van der Waals surface area contributed by atoms with Crippen LogP contribution in [-0.2, 0) is 6.54 Å². The first-order valence-electron chi connectivity index (χ1n) is 14.6. The summed E-state index contributed by atoms with van der Waals surface area (Å²) in [4.78, 5) is 31.1. The Morgan fingerprint density at radius 1 is 1.12 bits per heavy atom. The van der Waals surface area contributed by atoms with E-state index in [1.807, 2.05) is 26.1 Å². The van der Waals surface area contributed by atoms with Gasteiger partial charge in [-0.25, -0.2) is 23.5 Å². The van der Waals surface area contributed by atoms with Gasteiger partial charge in [0.05, 0.1) is 33.8 Å². The lowest BCUT2D eigenvalue weighted by atomic mass is 10.1. The second-order valence-electron chi connectivity index (χ2n) is 11.1. The number of nitrogens with one attached hydrogen (secondary N) is 4. The van der Waals surface area contributed by atoms with E-state index in [1.165, 1.54) is 29.5 Å². The quantitative estimate of drug-likeness (QED) is 0.165. The molecule has 2 saturated carbocycles. The fourth-order valence-corrected chi connectivity index (χ4v) is 6.53. The summed E-state index contributed by atoms with van der Waals surface area (Å²) in [5, 5.41) is 23.7. The van der Waals surface area contributed by atoms with E-state index in [4.69, 9.17) is 9.97 Å². The van der Waals surface area contributed by atoms with Crippen molar-refractivity contribution < 1.29 is 18.7 Å². The molecule has 3 heterocycles. The van der Waals surface area contributed by atoms with Crippen LogP contribution in [0.5, 0.6) is 0 Å². The summed E-state index contributed by atoms with van der Waals surface area (Å²) in [6.45, 7) is 4.22. The number of pyridine rings is 1. The summed E-state index contributed by atoms with van der Waals surface area (Å²) in [6, 6.07) is 4.76. The van der Waals surface area contributed by atoms with Gasteiger partial charge in [0.15, 0.2) is 0 Å². The highest BCUT2D eigenvalue weighted by Crippen LogP contribution is 2.44. The number of carbonyl (C=O) groups is 1. The molecule has 13 heteroatoms. The molecule has 1 aromatic carbocycles. The Labute approximate surface area is 251 Å². The molecule has 10 nitrogen and oxygen atoms in total. The van der Waals surface area contributed by atoms with Crippen LogP contribution in [0.4, 0.5) is 25.3 Å². The van der Waals surface area contributed by atoms with Crippen molar-refractivity contribution in [2.24, 2.45) is 0 Å². The summed E-state index contributed by atoms with van der Waals surface area (Å²) in [7, 11) is 0. The number of thiazole rings is 1. The highest BCUT2D eigenvalue weighted by atomic mass is 32.1. The van der Waals surface area contributed by atoms with Gasteiger partial charge in [0.2, 0.25) is 5.95 Å². The Morgan fingerprint density at radius 3 is 2.65 bits per heavy atom. The first kappa shape index (κ1) is 29.1. The maximum absolute atomic E-state index is 14.3. The maximum Gasteiger partial charge on any atom is 0.315 e. The average Bonchev–Trinajstić information content (AvgIpc) is 3.64. The van der Waals surface area contributed by atoms with Crippen LogP contribution in [0.15, 0.2) is 30.5 Å². The third-order valence-electron chi connectivity index (χ3n) is 7.81. The number of hydrogen-bond acceptors (Lipinski definition) is 9. The van der Waals surface area contributed by atoms with Gasteiger partial charge in [-0.1, -0.05) is 13.0 Å². The number of nitrogens with zero attached hydrogens (tertiary/aromatic N) is 4. The number of benzene rings is 1. The number of amides is 2. The van der Waals surface area contributed by atoms with Gasteiger partial charge in [-0.05, 0) is 57.2 Å². The van der Waals surface area contributed by atoms with Gasteiger partial charge in [0.25, 0.3) is 0 Å². The van der Waals surface area contributed by atoms with Crippen LogP contribution in [0.25, 0.3) is 20.8 Å². The molecule has 43 heavy (non-hydrogen) atoms. The number of urea groups is 1. The Morgan fingerprint density at radius 2 is 1.91 bits per heavy atom. The molecule has 0 saturated heterocycles. The van der Waals surface area contributed by atoms with Crippen molar-refractivity contribution in [2.75, 3.05) is 17.2 Å². The largest absolute Gasteiger partial charge is 0.391 e. The van der Waals surface area contributed by atoms with E-state index in [9.17, 15) is 18.7 Å². The zero-order chi connectivity index (χ0) is 30.1. The van der Waals surface area contributed by atoms with Gasteiger partial charge in [-0.15, -0.1) is 11.3 Å². The van der Waals surface area contributed by atoms with Crippen molar-refractivity contribution in [1.82, 2.24) is 30.6 Å². The lowest BCUT2D eigenvalue weighted by molar-refractivity contribution is 0.169. The molecule has 3 atom stereocenters. The molecule has 3 unspecified atom stereocenters. The summed E-state index contributed by atoms with van der Waals surface area (Å²) < 4.78 is 29.6. The average molecular weight is 609 g/mol. The van der Waals surface area contributed by atoms with Crippen molar-refractivity contribution in [1.29, 1.82) is 0 Å². The zero-order valence-electron chi connectivity index (χ0n) is 24.0. The third kappa shape index (κ3) is 6.37. The monoisotopic (exact) mass is 608 g/mol. The second kappa shape index (κ2) is 12.3. The van der Waals surface area contributed by atoms with Crippen molar-refractivity contribution >= 4 is 39.4 Å². The van der Waals surface area contributed by atoms with Crippen LogP contribution in [0.3, 0.4) is 0 Å². The van der Waals surface area contributed by atoms with Gasteiger partial charge in [-0.3, -0.25) is 4.98 Å². The van der Waals surface area contributed by atoms with Crippen LogP contribution >= 0.6 is 11.3 Å². The molecular formula is C30H34F2N8O2S. The molecule has 0 spiro atoms. The van der Waals surface area contributed by atoms with Crippen molar-refractivity contribution in [3.8, 4) is 10.6 Å². The van der Waals surface area contributed by atoms with E-state index in [0.29, 0.717) is 47.4 Å².